The fourth-order valence-electron chi connectivity index (χ4n) is 8.11. The van der Waals surface area contributed by atoms with E-state index in [-0.39, 0.29) is 6.10 Å². The van der Waals surface area contributed by atoms with Crippen LogP contribution in [0, 0.1) is 11.8 Å². The minimum Gasteiger partial charge on any atom is -0.383 e. The van der Waals surface area contributed by atoms with Crippen LogP contribution in [0.5, 0.6) is 0 Å². The number of nitrogens with zero attached hydrogens (tertiary/aromatic N) is 1. The van der Waals surface area contributed by atoms with Gasteiger partial charge in [-0.2, -0.15) is 4.89 Å². The van der Waals surface area contributed by atoms with E-state index in [2.05, 4.69) is 76.3 Å². The molecule has 4 aliphatic rings. The van der Waals surface area contributed by atoms with Crippen LogP contribution in [0.25, 0.3) is 16.5 Å². The van der Waals surface area contributed by atoms with Crippen molar-refractivity contribution in [1.82, 2.24) is 10.3 Å². The van der Waals surface area contributed by atoms with Crippen LogP contribution in [0.4, 0.5) is 5.69 Å². The van der Waals surface area contributed by atoms with Crippen LogP contribution in [0.1, 0.15) is 49.7 Å². The first-order valence-corrected chi connectivity index (χ1v) is 16.4. The van der Waals surface area contributed by atoms with Crippen LogP contribution in [-0.4, -0.2) is 36.0 Å². The molecule has 2 saturated carbocycles. The largest absolute Gasteiger partial charge is 0.383 e. The van der Waals surface area contributed by atoms with E-state index < -0.39 is 11.4 Å². The Morgan fingerprint density at radius 1 is 0.909 bits per heavy atom. The fraction of sp³-hybridized carbons (Fsp3) is 0.378. The standard InChI is InChI=1S/C37H38ClN3O3/c38-30-19-27-11-7-16-41-35(27)33(22-30)40-18-8-17-39-31-20-26-14-15-37(32(26)23-31)42-34-21-28(25-9-3-1-4-10-25)24-36(34,43-44-37)29-12-5-2-6-13-29/h1-7,9-13,16,19,21-22,26,31-32,34,39-40H,8,14-15,17-18,20,23-24H2/t26-,31+,32+,34+,36+,37?/m0/s1. The van der Waals surface area contributed by atoms with Crippen LogP contribution in [-0.2, 0) is 20.1 Å². The van der Waals surface area contributed by atoms with Gasteiger partial charge in [0.25, 0.3) is 0 Å². The Bertz CT molecular complexity index is 1670. The van der Waals surface area contributed by atoms with Crippen molar-refractivity contribution in [3.63, 3.8) is 0 Å². The number of pyridine rings is 1. The smallest absolute Gasteiger partial charge is 0.205 e. The average Bonchev–Trinajstić information content (AvgIpc) is 3.75. The Balaban J connectivity index is 0.919. The lowest BCUT2D eigenvalue weighted by molar-refractivity contribution is -0.533. The van der Waals surface area contributed by atoms with Gasteiger partial charge >= 0.3 is 0 Å². The van der Waals surface area contributed by atoms with Crippen LogP contribution >= 0.6 is 11.6 Å². The summed E-state index contributed by atoms with van der Waals surface area (Å²) < 4.78 is 7.09. The zero-order chi connectivity index (χ0) is 29.6. The molecular formula is C37H38ClN3O3. The second-order valence-electron chi connectivity index (χ2n) is 12.8. The van der Waals surface area contributed by atoms with Gasteiger partial charge in [-0.1, -0.05) is 78.3 Å². The molecule has 6 atom stereocenters. The van der Waals surface area contributed by atoms with Crippen molar-refractivity contribution < 1.29 is 14.5 Å². The first-order valence-electron chi connectivity index (χ1n) is 16.0. The third-order valence-electron chi connectivity index (χ3n) is 10.2. The lowest BCUT2D eigenvalue weighted by atomic mass is 9.86. The Labute approximate surface area is 263 Å². The molecule has 1 aliphatic heterocycles. The predicted molar refractivity (Wildman–Crippen MR) is 174 cm³/mol. The van der Waals surface area contributed by atoms with Crippen LogP contribution in [0.2, 0.25) is 5.02 Å². The molecule has 1 spiro atoms. The lowest BCUT2D eigenvalue weighted by Crippen LogP contribution is -2.56. The molecule has 0 amide bonds. The molecule has 1 saturated heterocycles. The number of anilines is 1. The molecule has 6 nitrogen and oxygen atoms in total. The van der Waals surface area contributed by atoms with Gasteiger partial charge in [0.05, 0.1) is 11.2 Å². The quantitative estimate of drug-likeness (QED) is 0.157. The SMILES string of the molecule is Clc1cc(NCCCN[C@@H]2C[C@@H]3CCC4(OO[C@@]5(c6ccccc6)CC(c6ccccc6)=C[C@H]5O4)[C@@H]3C2)c2ncccc2c1. The number of fused-ring (bicyclic) bond motifs is 4. The van der Waals surface area contributed by atoms with Gasteiger partial charge in [0.1, 0.15) is 6.10 Å². The molecule has 8 rings (SSSR count). The van der Waals surface area contributed by atoms with E-state index in [1.165, 1.54) is 11.1 Å². The fourth-order valence-corrected chi connectivity index (χ4v) is 8.34. The van der Waals surface area contributed by atoms with E-state index in [1.807, 2.05) is 36.5 Å². The number of rotatable bonds is 8. The van der Waals surface area contributed by atoms with Gasteiger partial charge in [-0.15, -0.1) is 0 Å². The Hall–Kier alpha value is -3.26. The molecule has 0 radical (unpaired) electrons. The number of hydrogen-bond acceptors (Lipinski definition) is 6. The molecule has 2 N–H and O–H groups in total. The zero-order valence-corrected chi connectivity index (χ0v) is 25.5. The molecule has 3 aliphatic carbocycles. The summed E-state index contributed by atoms with van der Waals surface area (Å²) in [4.78, 5) is 17.6. The summed E-state index contributed by atoms with van der Waals surface area (Å²) in [6.07, 6.45) is 9.78. The summed E-state index contributed by atoms with van der Waals surface area (Å²) in [5.41, 5.74) is 4.82. The Morgan fingerprint density at radius 3 is 2.61 bits per heavy atom. The molecule has 226 valence electrons. The van der Waals surface area contributed by atoms with Crippen LogP contribution in [0.3, 0.4) is 0 Å². The highest BCUT2D eigenvalue weighted by Gasteiger charge is 2.63. The third-order valence-corrected chi connectivity index (χ3v) is 10.4. The number of hydrogen-bond donors (Lipinski definition) is 2. The minimum atomic E-state index is -0.700. The average molecular weight is 608 g/mol. The van der Waals surface area contributed by atoms with Gasteiger partial charge in [0, 0.05) is 48.0 Å². The summed E-state index contributed by atoms with van der Waals surface area (Å²) in [7, 11) is 0. The summed E-state index contributed by atoms with van der Waals surface area (Å²) in [5.74, 6) is 0.181. The molecule has 1 unspecified atom stereocenters. The summed E-state index contributed by atoms with van der Waals surface area (Å²) in [5, 5.41) is 9.15. The summed E-state index contributed by atoms with van der Waals surface area (Å²) in [6, 6.07) is 29.4. The second-order valence-corrected chi connectivity index (χ2v) is 13.3. The van der Waals surface area contributed by atoms with Gasteiger partial charge in [0.2, 0.25) is 5.79 Å². The van der Waals surface area contributed by atoms with Gasteiger partial charge in [-0.3, -0.25) is 4.98 Å². The van der Waals surface area contributed by atoms with E-state index in [9.17, 15) is 0 Å². The molecule has 1 aromatic heterocycles. The van der Waals surface area contributed by atoms with Gasteiger partial charge in [0.15, 0.2) is 5.60 Å². The Morgan fingerprint density at radius 2 is 1.75 bits per heavy atom. The van der Waals surface area contributed by atoms with Gasteiger partial charge in [-0.05, 0) is 79.1 Å². The van der Waals surface area contributed by atoms with Crippen LogP contribution < -0.4 is 10.6 Å². The maximum atomic E-state index is 7.09. The first-order chi connectivity index (χ1) is 21.6. The van der Waals surface area contributed by atoms with Crippen molar-refractivity contribution in [2.75, 3.05) is 18.4 Å². The van der Waals surface area contributed by atoms with E-state index in [0.717, 1.165) is 78.8 Å². The van der Waals surface area contributed by atoms with Crippen molar-refractivity contribution in [1.29, 1.82) is 0 Å². The van der Waals surface area contributed by atoms with Crippen molar-refractivity contribution >= 4 is 33.8 Å². The topological polar surface area (TPSA) is 64.6 Å². The monoisotopic (exact) mass is 607 g/mol. The van der Waals surface area contributed by atoms with Crippen molar-refractivity contribution in [3.8, 4) is 0 Å². The highest BCUT2D eigenvalue weighted by atomic mass is 35.5. The molecule has 44 heavy (non-hydrogen) atoms. The Kier molecular flexibility index (Phi) is 7.44. The van der Waals surface area contributed by atoms with Gasteiger partial charge < -0.3 is 15.4 Å². The molecule has 3 aromatic carbocycles. The molecule has 0 bridgehead atoms. The van der Waals surface area contributed by atoms with Crippen LogP contribution in [0.15, 0.2) is 97.2 Å². The molecule has 2 heterocycles. The van der Waals surface area contributed by atoms with E-state index in [1.54, 1.807) is 0 Å². The second kappa shape index (κ2) is 11.6. The number of aromatic nitrogens is 1. The highest BCUT2D eigenvalue weighted by Crippen LogP contribution is 2.59. The highest BCUT2D eigenvalue weighted by molar-refractivity contribution is 6.31. The minimum absolute atomic E-state index is 0.206. The normalized spacial score (nSPS) is 30.8. The maximum Gasteiger partial charge on any atom is 0.205 e. The number of nitrogens with one attached hydrogen (secondary N) is 2. The molecule has 3 fully saturated rings. The molecule has 4 aromatic rings. The first kappa shape index (κ1) is 28.2. The maximum absolute atomic E-state index is 7.09. The third kappa shape index (κ3) is 5.03. The van der Waals surface area contributed by atoms with E-state index >= 15 is 0 Å². The van der Waals surface area contributed by atoms with Crippen molar-refractivity contribution in [2.45, 2.75) is 62.1 Å². The van der Waals surface area contributed by atoms with E-state index in [0.29, 0.717) is 17.9 Å². The number of halogens is 1. The summed E-state index contributed by atoms with van der Waals surface area (Å²) in [6.45, 7) is 1.79. The number of ether oxygens (including phenoxy) is 1. The van der Waals surface area contributed by atoms with E-state index in [4.69, 9.17) is 26.1 Å². The van der Waals surface area contributed by atoms with Crippen molar-refractivity contribution in [2.24, 2.45) is 11.8 Å². The number of benzene rings is 3. The summed E-state index contributed by atoms with van der Waals surface area (Å²) >= 11 is 6.35. The zero-order valence-electron chi connectivity index (χ0n) is 24.8. The molecular weight excluding hydrogens is 570 g/mol. The van der Waals surface area contributed by atoms with Gasteiger partial charge in [-0.25, -0.2) is 4.89 Å². The lowest BCUT2D eigenvalue weighted by Gasteiger charge is -2.48. The van der Waals surface area contributed by atoms with Crippen molar-refractivity contribution in [3.05, 3.63) is 113 Å². The molecule has 7 heteroatoms. The predicted octanol–water partition coefficient (Wildman–Crippen LogP) is 7.89.